The van der Waals surface area contributed by atoms with E-state index in [0.29, 0.717) is 0 Å². The number of anilines is 1. The molecule has 2 heterocycles. The highest BCUT2D eigenvalue weighted by atomic mass is 15.2. The van der Waals surface area contributed by atoms with Gasteiger partial charge >= 0.3 is 0 Å². The van der Waals surface area contributed by atoms with Gasteiger partial charge in [-0.3, -0.25) is 0 Å². The smallest absolute Gasteiger partial charge is 0.203 e. The zero-order chi connectivity index (χ0) is 13.7. The van der Waals surface area contributed by atoms with Crippen molar-refractivity contribution in [3.05, 3.63) is 11.9 Å². The van der Waals surface area contributed by atoms with Gasteiger partial charge in [-0.2, -0.15) is 0 Å². The SMILES string of the molecule is CCCCn1cc(C)nc1NCC1CCN(C)CC1. The predicted octanol–water partition coefficient (Wildman–Crippen LogP) is 2.75. The molecule has 0 aromatic carbocycles. The number of aryl methyl sites for hydroxylation is 2. The standard InChI is InChI=1S/C15H28N4/c1-4-5-8-19-12-13(2)17-15(19)16-11-14-6-9-18(3)10-7-14/h12,14H,4-11H2,1-3H3,(H,16,17). The van der Waals surface area contributed by atoms with E-state index in [9.17, 15) is 0 Å². The van der Waals surface area contributed by atoms with E-state index in [2.05, 4.69) is 46.9 Å². The van der Waals surface area contributed by atoms with Crippen LogP contribution < -0.4 is 5.32 Å². The molecule has 0 aliphatic carbocycles. The van der Waals surface area contributed by atoms with Crippen LogP contribution in [0.1, 0.15) is 38.3 Å². The summed E-state index contributed by atoms with van der Waals surface area (Å²) in [5, 5.41) is 3.56. The fourth-order valence-corrected chi connectivity index (χ4v) is 2.69. The number of piperidine rings is 1. The van der Waals surface area contributed by atoms with Gasteiger partial charge in [0.15, 0.2) is 0 Å². The van der Waals surface area contributed by atoms with Gasteiger partial charge in [-0.15, -0.1) is 0 Å². The second-order valence-corrected chi connectivity index (χ2v) is 5.88. The highest BCUT2D eigenvalue weighted by Gasteiger charge is 2.17. The van der Waals surface area contributed by atoms with Gasteiger partial charge < -0.3 is 14.8 Å². The van der Waals surface area contributed by atoms with Crippen molar-refractivity contribution in [2.75, 3.05) is 32.0 Å². The van der Waals surface area contributed by atoms with E-state index in [1.165, 1.54) is 38.8 Å². The molecular formula is C15H28N4. The van der Waals surface area contributed by atoms with E-state index in [0.717, 1.165) is 30.6 Å². The third-order valence-electron chi connectivity index (χ3n) is 4.04. The Kier molecular flexibility index (Phi) is 5.25. The van der Waals surface area contributed by atoms with Gasteiger partial charge in [-0.05, 0) is 52.2 Å². The molecule has 4 nitrogen and oxygen atoms in total. The predicted molar refractivity (Wildman–Crippen MR) is 80.6 cm³/mol. The van der Waals surface area contributed by atoms with Gasteiger partial charge in [0, 0.05) is 19.3 Å². The molecule has 4 heteroatoms. The van der Waals surface area contributed by atoms with Crippen LogP contribution in [0.5, 0.6) is 0 Å². The summed E-state index contributed by atoms with van der Waals surface area (Å²) < 4.78 is 2.27. The van der Waals surface area contributed by atoms with Crippen molar-refractivity contribution in [1.82, 2.24) is 14.5 Å². The summed E-state index contributed by atoms with van der Waals surface area (Å²) in [5.41, 5.74) is 1.11. The lowest BCUT2D eigenvalue weighted by Crippen LogP contribution is -2.33. The molecule has 19 heavy (non-hydrogen) atoms. The molecule has 0 spiro atoms. The van der Waals surface area contributed by atoms with Crippen LogP contribution in [0.4, 0.5) is 5.95 Å². The molecule has 108 valence electrons. The summed E-state index contributed by atoms with van der Waals surface area (Å²) in [6.07, 6.45) is 7.22. The average molecular weight is 264 g/mol. The normalized spacial score (nSPS) is 17.8. The van der Waals surface area contributed by atoms with Crippen LogP contribution in [0.25, 0.3) is 0 Å². The van der Waals surface area contributed by atoms with E-state index in [1.807, 2.05) is 0 Å². The lowest BCUT2D eigenvalue weighted by atomic mass is 9.97. The van der Waals surface area contributed by atoms with Crippen LogP contribution in [0, 0.1) is 12.8 Å². The molecular weight excluding hydrogens is 236 g/mol. The van der Waals surface area contributed by atoms with Gasteiger partial charge in [0.2, 0.25) is 5.95 Å². The summed E-state index contributed by atoms with van der Waals surface area (Å²) in [4.78, 5) is 7.02. The first-order valence-corrected chi connectivity index (χ1v) is 7.65. The topological polar surface area (TPSA) is 33.1 Å². The lowest BCUT2D eigenvalue weighted by molar-refractivity contribution is 0.226. The number of unbranched alkanes of at least 4 members (excludes halogenated alkanes) is 1. The largest absolute Gasteiger partial charge is 0.355 e. The second kappa shape index (κ2) is 6.94. The Morgan fingerprint density at radius 1 is 1.37 bits per heavy atom. The summed E-state index contributed by atoms with van der Waals surface area (Å²) in [5.74, 6) is 1.86. The fourth-order valence-electron chi connectivity index (χ4n) is 2.69. The van der Waals surface area contributed by atoms with Crippen LogP contribution in [-0.4, -0.2) is 41.1 Å². The molecule has 0 amide bonds. The average Bonchev–Trinajstić information content (AvgIpc) is 2.76. The Labute approximate surface area is 117 Å². The Morgan fingerprint density at radius 2 is 2.11 bits per heavy atom. The van der Waals surface area contributed by atoms with Crippen molar-refractivity contribution in [2.24, 2.45) is 5.92 Å². The van der Waals surface area contributed by atoms with Crippen molar-refractivity contribution in [3.63, 3.8) is 0 Å². The third kappa shape index (κ3) is 4.23. The van der Waals surface area contributed by atoms with E-state index >= 15 is 0 Å². The van der Waals surface area contributed by atoms with Gasteiger partial charge in [0.1, 0.15) is 0 Å². The van der Waals surface area contributed by atoms with E-state index in [-0.39, 0.29) is 0 Å². The van der Waals surface area contributed by atoms with E-state index < -0.39 is 0 Å². The molecule has 0 bridgehead atoms. The number of likely N-dealkylation sites (tertiary alicyclic amines) is 1. The molecule has 0 unspecified atom stereocenters. The van der Waals surface area contributed by atoms with Crippen molar-refractivity contribution in [2.45, 2.75) is 46.1 Å². The van der Waals surface area contributed by atoms with Crippen LogP contribution in [0.3, 0.4) is 0 Å². The number of hydrogen-bond acceptors (Lipinski definition) is 3. The number of nitrogens with one attached hydrogen (secondary N) is 1. The monoisotopic (exact) mass is 264 g/mol. The maximum Gasteiger partial charge on any atom is 0.203 e. The highest BCUT2D eigenvalue weighted by Crippen LogP contribution is 2.17. The van der Waals surface area contributed by atoms with Gasteiger partial charge in [0.25, 0.3) is 0 Å². The van der Waals surface area contributed by atoms with Crippen LogP contribution in [-0.2, 0) is 6.54 Å². The summed E-state index contributed by atoms with van der Waals surface area (Å²) in [6, 6.07) is 0. The molecule has 1 aliphatic heterocycles. The molecule has 1 N–H and O–H groups in total. The quantitative estimate of drug-likeness (QED) is 0.857. The van der Waals surface area contributed by atoms with Crippen LogP contribution >= 0.6 is 0 Å². The summed E-state index contributed by atoms with van der Waals surface area (Å²) >= 11 is 0. The Bertz CT molecular complexity index is 377. The Balaban J connectivity index is 1.84. The van der Waals surface area contributed by atoms with Crippen molar-refractivity contribution in [1.29, 1.82) is 0 Å². The van der Waals surface area contributed by atoms with Crippen molar-refractivity contribution in [3.8, 4) is 0 Å². The second-order valence-electron chi connectivity index (χ2n) is 5.88. The molecule has 1 aromatic rings. The number of imidazole rings is 1. The zero-order valence-electron chi connectivity index (χ0n) is 12.7. The van der Waals surface area contributed by atoms with Crippen LogP contribution in [0.15, 0.2) is 6.20 Å². The maximum atomic E-state index is 4.60. The summed E-state index contributed by atoms with van der Waals surface area (Å²) in [7, 11) is 2.21. The zero-order valence-corrected chi connectivity index (χ0v) is 12.7. The molecule has 0 saturated carbocycles. The Hall–Kier alpha value is -1.03. The maximum absolute atomic E-state index is 4.60. The lowest BCUT2D eigenvalue weighted by Gasteiger charge is -2.29. The van der Waals surface area contributed by atoms with Crippen LogP contribution in [0.2, 0.25) is 0 Å². The van der Waals surface area contributed by atoms with Gasteiger partial charge in [-0.25, -0.2) is 4.98 Å². The Morgan fingerprint density at radius 3 is 2.79 bits per heavy atom. The molecule has 1 saturated heterocycles. The number of aromatic nitrogens is 2. The molecule has 1 aromatic heterocycles. The molecule has 0 radical (unpaired) electrons. The molecule has 1 fully saturated rings. The number of rotatable bonds is 6. The molecule has 2 rings (SSSR count). The van der Waals surface area contributed by atoms with E-state index in [4.69, 9.17) is 0 Å². The minimum atomic E-state index is 0.799. The first-order chi connectivity index (χ1) is 9.19. The molecule has 1 aliphatic rings. The first kappa shape index (κ1) is 14.4. The minimum Gasteiger partial charge on any atom is -0.355 e. The molecule has 0 atom stereocenters. The van der Waals surface area contributed by atoms with Crippen molar-refractivity contribution < 1.29 is 0 Å². The van der Waals surface area contributed by atoms with Crippen molar-refractivity contribution >= 4 is 5.95 Å². The highest BCUT2D eigenvalue weighted by molar-refractivity contribution is 5.28. The minimum absolute atomic E-state index is 0.799. The van der Waals surface area contributed by atoms with E-state index in [1.54, 1.807) is 0 Å². The first-order valence-electron chi connectivity index (χ1n) is 7.65. The number of hydrogen-bond donors (Lipinski definition) is 1. The summed E-state index contributed by atoms with van der Waals surface area (Å²) in [6.45, 7) is 8.91. The van der Waals surface area contributed by atoms with Gasteiger partial charge in [-0.1, -0.05) is 13.3 Å². The van der Waals surface area contributed by atoms with Gasteiger partial charge in [0.05, 0.1) is 5.69 Å². The third-order valence-corrected chi connectivity index (χ3v) is 4.04. The number of nitrogens with zero attached hydrogens (tertiary/aromatic N) is 3. The fraction of sp³-hybridized carbons (Fsp3) is 0.800.